The third-order valence-electron chi connectivity index (χ3n) is 4.73. The van der Waals surface area contributed by atoms with Crippen molar-refractivity contribution in [1.82, 2.24) is 20.0 Å². The average Bonchev–Trinajstić information content (AvgIpc) is 3.26. The molecule has 6 nitrogen and oxygen atoms in total. The molecule has 1 N–H and O–H groups in total. The van der Waals surface area contributed by atoms with E-state index in [1.807, 2.05) is 6.20 Å². The van der Waals surface area contributed by atoms with Crippen LogP contribution in [0.3, 0.4) is 0 Å². The summed E-state index contributed by atoms with van der Waals surface area (Å²) < 4.78 is 1.64. The maximum atomic E-state index is 12.2. The SMILES string of the molecule is O=C(Cn1cc(C2CCCC2)nn1)Nc1nc2c(s1)CCCC2. The Morgan fingerprint density at radius 3 is 2.91 bits per heavy atom. The van der Waals surface area contributed by atoms with Crippen molar-refractivity contribution in [2.45, 2.75) is 63.8 Å². The summed E-state index contributed by atoms with van der Waals surface area (Å²) in [7, 11) is 0. The van der Waals surface area contributed by atoms with Crippen LogP contribution in [-0.4, -0.2) is 25.9 Å². The molecule has 122 valence electrons. The van der Waals surface area contributed by atoms with Crippen LogP contribution in [0.1, 0.15) is 60.7 Å². The van der Waals surface area contributed by atoms with Gasteiger partial charge in [0.05, 0.1) is 11.4 Å². The number of aryl methyl sites for hydroxylation is 2. The number of aromatic nitrogens is 4. The van der Waals surface area contributed by atoms with E-state index in [0.717, 1.165) is 23.7 Å². The Morgan fingerprint density at radius 1 is 1.26 bits per heavy atom. The number of carbonyl (C=O) groups is 1. The molecule has 23 heavy (non-hydrogen) atoms. The fourth-order valence-corrected chi connectivity index (χ4v) is 4.58. The van der Waals surface area contributed by atoms with Crippen LogP contribution in [0.15, 0.2) is 6.20 Å². The van der Waals surface area contributed by atoms with Crippen LogP contribution in [0.5, 0.6) is 0 Å². The number of hydrogen-bond acceptors (Lipinski definition) is 5. The van der Waals surface area contributed by atoms with E-state index in [-0.39, 0.29) is 12.5 Å². The molecule has 0 radical (unpaired) electrons. The standard InChI is InChI=1S/C16H21N5OS/c22-15(18-16-17-12-7-3-4-8-14(12)23-16)10-21-9-13(19-20-21)11-5-1-2-6-11/h9,11H,1-8,10H2,(H,17,18,22). The van der Waals surface area contributed by atoms with Gasteiger partial charge in [0.2, 0.25) is 5.91 Å². The molecule has 1 amide bonds. The molecular weight excluding hydrogens is 310 g/mol. The highest BCUT2D eigenvalue weighted by atomic mass is 32.1. The highest BCUT2D eigenvalue weighted by Gasteiger charge is 2.21. The third-order valence-corrected chi connectivity index (χ3v) is 5.80. The predicted octanol–water partition coefficient (Wildman–Crippen LogP) is 2.91. The molecule has 1 saturated carbocycles. The second-order valence-electron chi connectivity index (χ2n) is 6.47. The number of carbonyl (C=O) groups excluding carboxylic acids is 1. The molecule has 0 aromatic carbocycles. The molecule has 2 heterocycles. The van der Waals surface area contributed by atoms with E-state index in [1.165, 1.54) is 49.1 Å². The number of rotatable bonds is 4. The van der Waals surface area contributed by atoms with Crippen molar-refractivity contribution in [1.29, 1.82) is 0 Å². The Morgan fingerprint density at radius 2 is 2.09 bits per heavy atom. The zero-order valence-corrected chi connectivity index (χ0v) is 13.9. The van der Waals surface area contributed by atoms with Gasteiger partial charge in [-0.2, -0.15) is 0 Å². The summed E-state index contributed by atoms with van der Waals surface area (Å²) in [6, 6.07) is 0. The first kappa shape index (κ1) is 14.8. The van der Waals surface area contributed by atoms with Crippen molar-refractivity contribution in [3.63, 3.8) is 0 Å². The minimum absolute atomic E-state index is 0.0843. The molecule has 0 bridgehead atoms. The van der Waals surface area contributed by atoms with Gasteiger partial charge in [-0.1, -0.05) is 18.1 Å². The summed E-state index contributed by atoms with van der Waals surface area (Å²) in [5, 5.41) is 12.0. The van der Waals surface area contributed by atoms with Crippen LogP contribution in [0, 0.1) is 0 Å². The summed E-state index contributed by atoms with van der Waals surface area (Å²) in [4.78, 5) is 18.1. The Labute approximate surface area is 139 Å². The Balaban J connectivity index is 1.37. The lowest BCUT2D eigenvalue weighted by Crippen LogP contribution is -2.19. The number of nitrogens with zero attached hydrogens (tertiary/aromatic N) is 4. The van der Waals surface area contributed by atoms with Gasteiger partial charge >= 0.3 is 0 Å². The van der Waals surface area contributed by atoms with E-state index in [0.29, 0.717) is 5.92 Å². The molecule has 7 heteroatoms. The minimum atomic E-state index is -0.0843. The highest BCUT2D eigenvalue weighted by molar-refractivity contribution is 7.15. The Hall–Kier alpha value is -1.76. The fraction of sp³-hybridized carbons (Fsp3) is 0.625. The molecule has 0 spiro atoms. The highest BCUT2D eigenvalue weighted by Crippen LogP contribution is 2.32. The van der Waals surface area contributed by atoms with E-state index < -0.39 is 0 Å². The van der Waals surface area contributed by atoms with Crippen LogP contribution in [0.4, 0.5) is 5.13 Å². The molecule has 1 fully saturated rings. The smallest absolute Gasteiger partial charge is 0.247 e. The van der Waals surface area contributed by atoms with Gasteiger partial charge in [0.15, 0.2) is 5.13 Å². The van der Waals surface area contributed by atoms with Crippen LogP contribution >= 0.6 is 11.3 Å². The van der Waals surface area contributed by atoms with E-state index in [1.54, 1.807) is 16.0 Å². The van der Waals surface area contributed by atoms with Gasteiger partial charge in [-0.25, -0.2) is 9.67 Å². The van der Waals surface area contributed by atoms with E-state index in [4.69, 9.17) is 0 Å². The van der Waals surface area contributed by atoms with Crippen molar-refractivity contribution in [2.24, 2.45) is 0 Å². The second-order valence-corrected chi connectivity index (χ2v) is 7.55. The van der Waals surface area contributed by atoms with Crippen LogP contribution < -0.4 is 5.32 Å². The van der Waals surface area contributed by atoms with Crippen molar-refractivity contribution in [3.8, 4) is 0 Å². The van der Waals surface area contributed by atoms with Gasteiger partial charge in [0.25, 0.3) is 0 Å². The van der Waals surface area contributed by atoms with Gasteiger partial charge < -0.3 is 5.32 Å². The average molecular weight is 331 g/mol. The van der Waals surface area contributed by atoms with Crippen LogP contribution in [-0.2, 0) is 24.2 Å². The quantitative estimate of drug-likeness (QED) is 0.935. The van der Waals surface area contributed by atoms with Crippen LogP contribution in [0.2, 0.25) is 0 Å². The van der Waals surface area contributed by atoms with Gasteiger partial charge in [-0.15, -0.1) is 16.4 Å². The zero-order chi connectivity index (χ0) is 15.6. The van der Waals surface area contributed by atoms with Gasteiger partial charge in [-0.05, 0) is 38.5 Å². The molecule has 4 rings (SSSR count). The van der Waals surface area contributed by atoms with Crippen LogP contribution in [0.25, 0.3) is 0 Å². The molecular formula is C16H21N5OS. The lowest BCUT2D eigenvalue weighted by Gasteiger charge is -2.06. The summed E-state index contributed by atoms with van der Waals surface area (Å²) in [6.07, 6.45) is 11.4. The second kappa shape index (κ2) is 6.39. The molecule has 0 unspecified atom stereocenters. The number of fused-ring (bicyclic) bond motifs is 1. The maximum Gasteiger partial charge on any atom is 0.247 e. The van der Waals surface area contributed by atoms with Crippen molar-refractivity contribution in [3.05, 3.63) is 22.5 Å². The first-order valence-electron chi connectivity index (χ1n) is 8.46. The first-order valence-corrected chi connectivity index (χ1v) is 9.28. The largest absolute Gasteiger partial charge is 0.300 e. The van der Waals surface area contributed by atoms with Crippen molar-refractivity contribution >= 4 is 22.4 Å². The van der Waals surface area contributed by atoms with Crippen molar-refractivity contribution < 1.29 is 4.79 Å². The molecule has 2 aliphatic rings. The lowest BCUT2D eigenvalue weighted by molar-refractivity contribution is -0.116. The van der Waals surface area contributed by atoms with Gasteiger partial charge in [-0.3, -0.25) is 4.79 Å². The minimum Gasteiger partial charge on any atom is -0.300 e. The number of nitrogens with one attached hydrogen (secondary N) is 1. The molecule has 2 aromatic rings. The summed E-state index contributed by atoms with van der Waals surface area (Å²) in [6.45, 7) is 0.198. The van der Waals surface area contributed by atoms with Crippen molar-refractivity contribution in [2.75, 3.05) is 5.32 Å². The lowest BCUT2D eigenvalue weighted by atomic mass is 10.0. The van der Waals surface area contributed by atoms with E-state index >= 15 is 0 Å². The molecule has 0 saturated heterocycles. The fourth-order valence-electron chi connectivity index (χ4n) is 3.51. The normalized spacial score (nSPS) is 18.1. The Bertz CT molecular complexity index is 678. The van der Waals surface area contributed by atoms with E-state index in [9.17, 15) is 4.79 Å². The number of amides is 1. The number of hydrogen-bond donors (Lipinski definition) is 1. The predicted molar refractivity (Wildman–Crippen MR) is 88.6 cm³/mol. The maximum absolute atomic E-state index is 12.2. The number of thiazole rings is 1. The number of anilines is 1. The molecule has 0 aliphatic heterocycles. The Kier molecular flexibility index (Phi) is 4.11. The topological polar surface area (TPSA) is 72.7 Å². The van der Waals surface area contributed by atoms with Gasteiger partial charge in [0.1, 0.15) is 6.54 Å². The third kappa shape index (κ3) is 3.29. The summed E-state index contributed by atoms with van der Waals surface area (Å²) in [5.41, 5.74) is 2.20. The molecule has 2 aliphatic carbocycles. The molecule has 2 aromatic heterocycles. The monoisotopic (exact) mass is 331 g/mol. The first-order chi connectivity index (χ1) is 11.3. The zero-order valence-electron chi connectivity index (χ0n) is 13.1. The molecule has 0 atom stereocenters. The van der Waals surface area contributed by atoms with Gasteiger partial charge in [0, 0.05) is 17.0 Å². The van der Waals surface area contributed by atoms with E-state index in [2.05, 4.69) is 20.6 Å². The summed E-state index contributed by atoms with van der Waals surface area (Å²) >= 11 is 1.61. The summed E-state index contributed by atoms with van der Waals surface area (Å²) in [5.74, 6) is 0.441.